The predicted octanol–water partition coefficient (Wildman–Crippen LogP) is 3.78. The molecule has 1 saturated carbocycles. The van der Waals surface area contributed by atoms with Crippen LogP contribution in [0.1, 0.15) is 52.4 Å². The highest BCUT2D eigenvalue weighted by Gasteiger charge is 2.26. The average molecular weight is 237 g/mol. The van der Waals surface area contributed by atoms with E-state index in [0.29, 0.717) is 12.6 Å². The van der Waals surface area contributed by atoms with Crippen molar-refractivity contribution in [2.24, 2.45) is 11.7 Å². The highest BCUT2D eigenvalue weighted by Crippen LogP contribution is 2.32. The second kappa shape index (κ2) is 8.48. The summed E-state index contributed by atoms with van der Waals surface area (Å²) in [5.74, 6) is 0.670. The Bertz CT molecular complexity index is 252. The van der Waals surface area contributed by atoms with Crippen LogP contribution in [0.15, 0.2) is 23.8 Å². The van der Waals surface area contributed by atoms with Crippen LogP contribution in [0.3, 0.4) is 0 Å². The van der Waals surface area contributed by atoms with Gasteiger partial charge in [-0.2, -0.15) is 0 Å². The van der Waals surface area contributed by atoms with Gasteiger partial charge in [-0.15, -0.1) is 0 Å². The molecule has 1 rings (SSSR count). The largest absolute Gasteiger partial charge is 0.359 e. The molecule has 1 aliphatic carbocycles. The summed E-state index contributed by atoms with van der Waals surface area (Å²) in [5, 5.41) is 0. The summed E-state index contributed by atoms with van der Waals surface area (Å²) in [4.78, 5) is 0. The van der Waals surface area contributed by atoms with E-state index < -0.39 is 0 Å². The molecule has 98 valence electrons. The maximum atomic E-state index is 5.81. The van der Waals surface area contributed by atoms with Gasteiger partial charge in [0.25, 0.3) is 0 Å². The van der Waals surface area contributed by atoms with Crippen molar-refractivity contribution in [3.05, 3.63) is 23.8 Å². The van der Waals surface area contributed by atoms with Gasteiger partial charge in [-0.3, -0.25) is 0 Å². The van der Waals surface area contributed by atoms with Crippen molar-refractivity contribution in [3.63, 3.8) is 0 Å². The molecule has 0 bridgehead atoms. The fourth-order valence-electron chi connectivity index (χ4n) is 2.72. The Balaban J connectivity index is 2.73. The Morgan fingerprint density at radius 3 is 2.59 bits per heavy atom. The molecule has 1 unspecified atom stereocenters. The molecule has 0 radical (unpaired) electrons. The summed E-state index contributed by atoms with van der Waals surface area (Å²) >= 11 is 0. The number of ether oxygens (including phenoxy) is 1. The number of rotatable bonds is 6. The van der Waals surface area contributed by atoms with E-state index in [2.05, 4.69) is 25.2 Å². The van der Waals surface area contributed by atoms with Crippen LogP contribution in [0.4, 0.5) is 0 Å². The van der Waals surface area contributed by atoms with E-state index in [1.807, 2.05) is 6.92 Å². The minimum absolute atomic E-state index is 0.237. The monoisotopic (exact) mass is 237 g/mol. The van der Waals surface area contributed by atoms with Crippen molar-refractivity contribution in [2.45, 2.75) is 58.5 Å². The molecule has 17 heavy (non-hydrogen) atoms. The van der Waals surface area contributed by atoms with Gasteiger partial charge in [0.15, 0.2) is 0 Å². The van der Waals surface area contributed by atoms with Gasteiger partial charge < -0.3 is 10.5 Å². The predicted molar refractivity (Wildman–Crippen MR) is 73.7 cm³/mol. The fourth-order valence-corrected chi connectivity index (χ4v) is 2.72. The van der Waals surface area contributed by atoms with Crippen LogP contribution in [-0.2, 0) is 4.74 Å². The van der Waals surface area contributed by atoms with Gasteiger partial charge in [0.2, 0.25) is 0 Å². The molecule has 0 aliphatic heterocycles. The molecule has 0 heterocycles. The molecular weight excluding hydrogens is 210 g/mol. The Kier molecular flexibility index (Phi) is 7.22. The number of hydrogen-bond donors (Lipinski definition) is 1. The van der Waals surface area contributed by atoms with Crippen LogP contribution < -0.4 is 5.73 Å². The molecule has 1 atom stereocenters. The van der Waals surface area contributed by atoms with Gasteiger partial charge in [-0.1, -0.05) is 44.4 Å². The van der Waals surface area contributed by atoms with Crippen LogP contribution in [0, 0.1) is 5.92 Å². The van der Waals surface area contributed by atoms with Crippen molar-refractivity contribution in [1.29, 1.82) is 0 Å². The molecular formula is C15H27NO. The third-order valence-electron chi connectivity index (χ3n) is 3.63. The first-order valence-electron chi connectivity index (χ1n) is 6.96. The topological polar surface area (TPSA) is 35.2 Å². The fraction of sp³-hybridized carbons (Fsp3) is 0.733. The SMILES string of the molecule is C/C=C\C=C(/CC)C(OCN)C1CCCCC1. The van der Waals surface area contributed by atoms with E-state index in [0.717, 1.165) is 6.42 Å². The van der Waals surface area contributed by atoms with Gasteiger partial charge in [0, 0.05) is 0 Å². The second-order valence-electron chi connectivity index (χ2n) is 4.77. The lowest BCUT2D eigenvalue weighted by Gasteiger charge is -2.31. The summed E-state index contributed by atoms with van der Waals surface area (Å²) in [6.07, 6.45) is 14.3. The van der Waals surface area contributed by atoms with Crippen LogP contribution in [-0.4, -0.2) is 12.8 Å². The Hall–Kier alpha value is -0.600. The molecule has 0 spiro atoms. The van der Waals surface area contributed by atoms with E-state index >= 15 is 0 Å². The standard InChI is InChI=1S/C15H27NO/c1-3-5-9-13(4-2)15(17-12-16)14-10-7-6-8-11-14/h3,5,9,14-15H,4,6-8,10-12,16H2,1-2H3/b5-3-,13-9+. The van der Waals surface area contributed by atoms with Crippen molar-refractivity contribution >= 4 is 0 Å². The summed E-state index contributed by atoms with van der Waals surface area (Å²) < 4.78 is 5.81. The maximum Gasteiger partial charge on any atom is 0.0948 e. The number of allylic oxidation sites excluding steroid dienone is 3. The molecule has 0 aromatic carbocycles. The quantitative estimate of drug-likeness (QED) is 0.563. The summed E-state index contributed by atoms with van der Waals surface area (Å²) in [5.41, 5.74) is 6.98. The smallest absolute Gasteiger partial charge is 0.0948 e. The Morgan fingerprint density at radius 1 is 1.35 bits per heavy atom. The molecule has 0 saturated heterocycles. The zero-order valence-corrected chi connectivity index (χ0v) is 11.3. The van der Waals surface area contributed by atoms with Gasteiger partial charge in [-0.05, 0) is 37.7 Å². The minimum Gasteiger partial charge on any atom is -0.359 e. The lowest BCUT2D eigenvalue weighted by molar-refractivity contribution is 0.0263. The first kappa shape index (κ1) is 14.5. The zero-order chi connectivity index (χ0) is 12.5. The summed E-state index contributed by atoms with van der Waals surface area (Å²) in [6, 6.07) is 0. The molecule has 2 heteroatoms. The average Bonchev–Trinajstić information content (AvgIpc) is 2.39. The van der Waals surface area contributed by atoms with E-state index in [1.165, 1.54) is 37.7 Å². The zero-order valence-electron chi connectivity index (χ0n) is 11.3. The molecule has 0 amide bonds. The maximum absolute atomic E-state index is 5.81. The van der Waals surface area contributed by atoms with Gasteiger partial charge in [0.05, 0.1) is 12.8 Å². The highest BCUT2D eigenvalue weighted by atomic mass is 16.5. The molecule has 0 aromatic rings. The van der Waals surface area contributed by atoms with E-state index in [-0.39, 0.29) is 6.10 Å². The third-order valence-corrected chi connectivity index (χ3v) is 3.63. The van der Waals surface area contributed by atoms with E-state index in [4.69, 9.17) is 10.5 Å². The third kappa shape index (κ3) is 4.64. The van der Waals surface area contributed by atoms with Crippen molar-refractivity contribution < 1.29 is 4.74 Å². The molecule has 2 N–H and O–H groups in total. The first-order chi connectivity index (χ1) is 8.33. The van der Waals surface area contributed by atoms with Crippen LogP contribution >= 0.6 is 0 Å². The van der Waals surface area contributed by atoms with Crippen LogP contribution in [0.2, 0.25) is 0 Å². The summed E-state index contributed by atoms with van der Waals surface area (Å²) in [7, 11) is 0. The van der Waals surface area contributed by atoms with Crippen LogP contribution in [0.5, 0.6) is 0 Å². The number of nitrogens with two attached hydrogens (primary N) is 1. The first-order valence-corrected chi connectivity index (χ1v) is 6.96. The summed E-state index contributed by atoms with van der Waals surface area (Å²) in [6.45, 7) is 4.57. The lowest BCUT2D eigenvalue weighted by Crippen LogP contribution is -2.30. The molecule has 0 aromatic heterocycles. The van der Waals surface area contributed by atoms with Crippen molar-refractivity contribution in [1.82, 2.24) is 0 Å². The Labute approximate surface area is 106 Å². The van der Waals surface area contributed by atoms with Crippen LogP contribution in [0.25, 0.3) is 0 Å². The number of hydrogen-bond acceptors (Lipinski definition) is 2. The second-order valence-corrected chi connectivity index (χ2v) is 4.77. The minimum atomic E-state index is 0.237. The molecule has 1 fully saturated rings. The highest BCUT2D eigenvalue weighted by molar-refractivity contribution is 5.17. The molecule has 2 nitrogen and oxygen atoms in total. The van der Waals surface area contributed by atoms with Gasteiger partial charge >= 0.3 is 0 Å². The van der Waals surface area contributed by atoms with E-state index in [9.17, 15) is 0 Å². The van der Waals surface area contributed by atoms with Crippen molar-refractivity contribution in [3.8, 4) is 0 Å². The van der Waals surface area contributed by atoms with E-state index in [1.54, 1.807) is 0 Å². The lowest BCUT2D eigenvalue weighted by atomic mass is 9.81. The van der Waals surface area contributed by atoms with Crippen molar-refractivity contribution in [2.75, 3.05) is 6.73 Å². The van der Waals surface area contributed by atoms with Gasteiger partial charge in [0.1, 0.15) is 0 Å². The van der Waals surface area contributed by atoms with Gasteiger partial charge in [-0.25, -0.2) is 0 Å². The Morgan fingerprint density at radius 2 is 2.06 bits per heavy atom. The normalized spacial score (nSPS) is 21.0. The molecule has 1 aliphatic rings.